The summed E-state index contributed by atoms with van der Waals surface area (Å²) in [5.74, 6) is 2.06. The first kappa shape index (κ1) is 14.6. The molecule has 0 saturated carbocycles. The predicted octanol–water partition coefficient (Wildman–Crippen LogP) is 2.47. The second kappa shape index (κ2) is 7.82. The van der Waals surface area contributed by atoms with Gasteiger partial charge in [0.15, 0.2) is 11.5 Å². The minimum Gasteiger partial charge on any atom is -0.493 e. The van der Waals surface area contributed by atoms with Crippen molar-refractivity contribution in [3.8, 4) is 17.2 Å². The molecule has 0 atom stereocenters. The van der Waals surface area contributed by atoms with Gasteiger partial charge in [0.2, 0.25) is 5.75 Å². The Hall–Kier alpha value is -1.42. The van der Waals surface area contributed by atoms with Crippen molar-refractivity contribution in [2.75, 3.05) is 27.4 Å². The maximum absolute atomic E-state index is 5.71. The fraction of sp³-hybridized carbons (Fsp3) is 0.571. The van der Waals surface area contributed by atoms with Crippen LogP contribution in [0.2, 0.25) is 0 Å². The van der Waals surface area contributed by atoms with Crippen LogP contribution >= 0.6 is 0 Å². The molecule has 0 aromatic heterocycles. The molecule has 0 aliphatic heterocycles. The van der Waals surface area contributed by atoms with E-state index in [4.69, 9.17) is 14.2 Å². The van der Waals surface area contributed by atoms with Crippen molar-refractivity contribution in [1.82, 2.24) is 5.32 Å². The molecule has 102 valence electrons. The van der Waals surface area contributed by atoms with E-state index in [9.17, 15) is 0 Å². The first-order chi connectivity index (χ1) is 8.69. The van der Waals surface area contributed by atoms with Gasteiger partial charge in [0, 0.05) is 6.04 Å². The van der Waals surface area contributed by atoms with E-state index in [1.165, 1.54) is 0 Å². The highest BCUT2D eigenvalue weighted by Gasteiger charge is 2.10. The Morgan fingerprint density at radius 3 is 2.44 bits per heavy atom. The Morgan fingerprint density at radius 2 is 1.83 bits per heavy atom. The van der Waals surface area contributed by atoms with E-state index in [-0.39, 0.29) is 0 Å². The zero-order valence-corrected chi connectivity index (χ0v) is 11.7. The van der Waals surface area contributed by atoms with Crippen molar-refractivity contribution >= 4 is 0 Å². The molecule has 0 spiro atoms. The third kappa shape index (κ3) is 4.45. The lowest BCUT2D eigenvalue weighted by molar-refractivity contribution is 0.277. The highest BCUT2D eigenvalue weighted by atomic mass is 16.5. The van der Waals surface area contributed by atoms with Gasteiger partial charge < -0.3 is 19.5 Å². The molecule has 0 saturated heterocycles. The van der Waals surface area contributed by atoms with Gasteiger partial charge in [-0.25, -0.2) is 0 Å². The van der Waals surface area contributed by atoms with Crippen molar-refractivity contribution in [3.63, 3.8) is 0 Å². The van der Waals surface area contributed by atoms with E-state index >= 15 is 0 Å². The normalized spacial score (nSPS) is 10.5. The zero-order valence-electron chi connectivity index (χ0n) is 11.7. The van der Waals surface area contributed by atoms with Gasteiger partial charge in [-0.1, -0.05) is 19.9 Å². The van der Waals surface area contributed by atoms with Crippen molar-refractivity contribution in [1.29, 1.82) is 0 Å². The molecule has 4 nitrogen and oxygen atoms in total. The van der Waals surface area contributed by atoms with Crippen LogP contribution in [0.1, 0.15) is 20.3 Å². The lowest BCUT2D eigenvalue weighted by Gasteiger charge is -2.14. The molecule has 0 bridgehead atoms. The van der Waals surface area contributed by atoms with Crippen molar-refractivity contribution in [3.05, 3.63) is 18.2 Å². The Kier molecular flexibility index (Phi) is 6.36. The number of rotatable bonds is 8. The highest BCUT2D eigenvalue weighted by Crippen LogP contribution is 2.36. The van der Waals surface area contributed by atoms with Gasteiger partial charge in [0.1, 0.15) is 0 Å². The quantitative estimate of drug-likeness (QED) is 0.722. The van der Waals surface area contributed by atoms with E-state index in [0.29, 0.717) is 24.1 Å². The highest BCUT2D eigenvalue weighted by molar-refractivity contribution is 5.50. The van der Waals surface area contributed by atoms with Crippen LogP contribution in [0.15, 0.2) is 18.2 Å². The molecule has 0 aliphatic carbocycles. The third-order valence-electron chi connectivity index (χ3n) is 2.50. The number of benzene rings is 1. The Balaban J connectivity index is 2.46. The first-order valence-corrected chi connectivity index (χ1v) is 6.26. The molecule has 1 aromatic rings. The average Bonchev–Trinajstić information content (AvgIpc) is 2.37. The maximum Gasteiger partial charge on any atom is 0.203 e. The molecule has 18 heavy (non-hydrogen) atoms. The molecular weight excluding hydrogens is 230 g/mol. The molecule has 1 rings (SSSR count). The summed E-state index contributed by atoms with van der Waals surface area (Å²) in [4.78, 5) is 0. The summed E-state index contributed by atoms with van der Waals surface area (Å²) in [5.41, 5.74) is 0. The topological polar surface area (TPSA) is 39.7 Å². The monoisotopic (exact) mass is 253 g/mol. The lowest BCUT2D eigenvalue weighted by Crippen LogP contribution is -2.24. The van der Waals surface area contributed by atoms with Crippen LogP contribution in [-0.2, 0) is 0 Å². The number of hydrogen-bond donors (Lipinski definition) is 1. The Labute approximate surface area is 109 Å². The summed E-state index contributed by atoms with van der Waals surface area (Å²) < 4.78 is 16.2. The summed E-state index contributed by atoms with van der Waals surface area (Å²) in [7, 11) is 3.24. The van der Waals surface area contributed by atoms with Crippen LogP contribution in [0, 0.1) is 0 Å². The fourth-order valence-electron chi connectivity index (χ4n) is 1.62. The van der Waals surface area contributed by atoms with E-state index in [1.807, 2.05) is 18.2 Å². The number of hydrogen-bond acceptors (Lipinski definition) is 4. The van der Waals surface area contributed by atoms with Gasteiger partial charge in [-0.05, 0) is 25.1 Å². The van der Waals surface area contributed by atoms with Gasteiger partial charge in [-0.3, -0.25) is 0 Å². The number of methoxy groups -OCH3 is 2. The van der Waals surface area contributed by atoms with Crippen LogP contribution in [0.25, 0.3) is 0 Å². The molecule has 1 N–H and O–H groups in total. The molecule has 0 radical (unpaired) electrons. The molecule has 0 fully saturated rings. The fourth-order valence-corrected chi connectivity index (χ4v) is 1.62. The third-order valence-corrected chi connectivity index (χ3v) is 2.50. The van der Waals surface area contributed by atoms with Crippen LogP contribution in [0.3, 0.4) is 0 Å². The molecule has 0 amide bonds. The van der Waals surface area contributed by atoms with E-state index in [2.05, 4.69) is 19.2 Å². The largest absolute Gasteiger partial charge is 0.493 e. The zero-order chi connectivity index (χ0) is 13.4. The summed E-state index contributed by atoms with van der Waals surface area (Å²) in [6, 6.07) is 6.14. The first-order valence-electron chi connectivity index (χ1n) is 6.26. The smallest absolute Gasteiger partial charge is 0.203 e. The van der Waals surface area contributed by atoms with Crippen molar-refractivity contribution in [2.45, 2.75) is 26.3 Å². The second-order valence-corrected chi connectivity index (χ2v) is 4.30. The maximum atomic E-state index is 5.71. The van der Waals surface area contributed by atoms with Gasteiger partial charge in [-0.2, -0.15) is 0 Å². The number of para-hydroxylation sites is 1. The van der Waals surface area contributed by atoms with Crippen molar-refractivity contribution < 1.29 is 14.2 Å². The summed E-state index contributed by atoms with van der Waals surface area (Å²) in [5, 5.41) is 3.35. The standard InChI is InChI=1S/C14H23NO3/c1-11(2)15-9-6-10-18-13-8-5-7-12(16-3)14(13)17-4/h5,7-8,11,15H,6,9-10H2,1-4H3. The predicted molar refractivity (Wildman–Crippen MR) is 72.8 cm³/mol. The van der Waals surface area contributed by atoms with Gasteiger partial charge in [0.25, 0.3) is 0 Å². The van der Waals surface area contributed by atoms with Crippen molar-refractivity contribution in [2.24, 2.45) is 0 Å². The molecule has 4 heteroatoms. The SMILES string of the molecule is COc1cccc(OCCCNC(C)C)c1OC. The van der Waals surface area contributed by atoms with Gasteiger partial charge >= 0.3 is 0 Å². The molecule has 0 unspecified atom stereocenters. The van der Waals surface area contributed by atoms with Crippen LogP contribution in [0.5, 0.6) is 17.2 Å². The average molecular weight is 253 g/mol. The van der Waals surface area contributed by atoms with E-state index in [0.717, 1.165) is 18.7 Å². The Morgan fingerprint density at radius 1 is 1.11 bits per heavy atom. The minimum absolute atomic E-state index is 0.511. The van der Waals surface area contributed by atoms with E-state index < -0.39 is 0 Å². The van der Waals surface area contributed by atoms with Crippen LogP contribution in [0.4, 0.5) is 0 Å². The second-order valence-electron chi connectivity index (χ2n) is 4.30. The van der Waals surface area contributed by atoms with Gasteiger partial charge in [-0.15, -0.1) is 0 Å². The number of nitrogens with one attached hydrogen (secondary N) is 1. The van der Waals surface area contributed by atoms with Gasteiger partial charge in [0.05, 0.1) is 20.8 Å². The lowest BCUT2D eigenvalue weighted by atomic mass is 10.3. The number of ether oxygens (including phenoxy) is 3. The summed E-state index contributed by atoms with van der Waals surface area (Å²) in [6.45, 7) is 5.87. The summed E-state index contributed by atoms with van der Waals surface area (Å²) in [6.07, 6.45) is 0.957. The molecule has 1 aromatic carbocycles. The molecular formula is C14H23NO3. The Bertz CT molecular complexity index is 353. The van der Waals surface area contributed by atoms with E-state index in [1.54, 1.807) is 14.2 Å². The van der Waals surface area contributed by atoms with Crippen LogP contribution in [-0.4, -0.2) is 33.4 Å². The van der Waals surface area contributed by atoms with Crippen LogP contribution < -0.4 is 19.5 Å². The summed E-state index contributed by atoms with van der Waals surface area (Å²) >= 11 is 0. The minimum atomic E-state index is 0.511. The molecule has 0 aliphatic rings. The molecule has 0 heterocycles.